The van der Waals surface area contributed by atoms with E-state index in [4.69, 9.17) is 4.74 Å². The molecule has 0 saturated heterocycles. The van der Waals surface area contributed by atoms with Crippen molar-refractivity contribution in [2.24, 2.45) is 5.18 Å². The molecule has 0 bridgehead atoms. The maximum Gasteiger partial charge on any atom is 0.267 e. The normalized spacial score (nSPS) is 17.4. The lowest BCUT2D eigenvalue weighted by Crippen LogP contribution is -2.27. The number of nitrogens with zero attached hydrogens (tertiary/aromatic N) is 2. The summed E-state index contributed by atoms with van der Waals surface area (Å²) >= 11 is 2.59. The molecule has 2 aromatic rings. The largest absolute Gasteiger partial charge is 0.479 e. The van der Waals surface area contributed by atoms with Gasteiger partial charge in [-0.25, -0.2) is 4.98 Å². The maximum absolute atomic E-state index is 12.0. The van der Waals surface area contributed by atoms with Crippen LogP contribution < -0.4 is 5.32 Å². The summed E-state index contributed by atoms with van der Waals surface area (Å²) in [6.07, 6.45) is 3.17. The predicted molar refractivity (Wildman–Crippen MR) is 78.0 cm³/mol. The van der Waals surface area contributed by atoms with Crippen molar-refractivity contribution in [3.8, 4) is 0 Å². The molecule has 20 heavy (non-hydrogen) atoms. The number of hydrogen-bond acceptors (Lipinski definition) is 7. The minimum atomic E-state index is -0.566. The van der Waals surface area contributed by atoms with Crippen molar-refractivity contribution >= 4 is 44.5 Å². The summed E-state index contributed by atoms with van der Waals surface area (Å²) in [5.74, 6) is 0.453. The van der Waals surface area contributed by atoms with Crippen molar-refractivity contribution in [2.75, 3.05) is 5.32 Å². The summed E-state index contributed by atoms with van der Waals surface area (Å²) < 4.78 is 5.62. The molecular formula is C12H9N3O3S2. The standard InChI is InChI=1S/C12H9N3O3S2/c16-11(14-12-13-6-10(15-17)20-12)8-4-3-7(18-8)9-2-1-5-19-9/h1-3,5-6,8H,4H2,(H,13,14,16). The number of nitroso groups, excluding NO2 is 1. The fourth-order valence-corrected chi connectivity index (χ4v) is 3.06. The van der Waals surface area contributed by atoms with Gasteiger partial charge in [-0.2, -0.15) is 0 Å². The molecule has 102 valence electrons. The highest BCUT2D eigenvalue weighted by Gasteiger charge is 2.27. The summed E-state index contributed by atoms with van der Waals surface area (Å²) in [7, 11) is 0. The third kappa shape index (κ3) is 2.61. The SMILES string of the molecule is O=Nc1cnc(NC(=O)C2CC=C(c3cccs3)O2)s1. The van der Waals surface area contributed by atoms with Crippen LogP contribution in [-0.4, -0.2) is 17.0 Å². The van der Waals surface area contributed by atoms with E-state index < -0.39 is 6.10 Å². The molecule has 0 aromatic carbocycles. The van der Waals surface area contributed by atoms with Crippen LogP contribution in [0.1, 0.15) is 11.3 Å². The van der Waals surface area contributed by atoms with E-state index in [-0.39, 0.29) is 10.9 Å². The van der Waals surface area contributed by atoms with E-state index in [1.807, 2.05) is 23.6 Å². The van der Waals surface area contributed by atoms with Crippen LogP contribution in [0.3, 0.4) is 0 Å². The number of ether oxygens (including phenoxy) is 1. The van der Waals surface area contributed by atoms with Gasteiger partial charge < -0.3 is 4.74 Å². The van der Waals surface area contributed by atoms with Gasteiger partial charge >= 0.3 is 0 Å². The molecule has 1 aliphatic rings. The number of nitrogens with one attached hydrogen (secondary N) is 1. The number of aromatic nitrogens is 1. The van der Waals surface area contributed by atoms with E-state index in [0.29, 0.717) is 11.6 Å². The minimum Gasteiger partial charge on any atom is -0.479 e. The van der Waals surface area contributed by atoms with Crippen LogP contribution in [0, 0.1) is 4.91 Å². The molecule has 0 spiro atoms. The monoisotopic (exact) mass is 307 g/mol. The van der Waals surface area contributed by atoms with Gasteiger partial charge in [-0.05, 0) is 22.7 Å². The first-order valence-electron chi connectivity index (χ1n) is 5.77. The highest BCUT2D eigenvalue weighted by molar-refractivity contribution is 7.19. The molecule has 1 atom stereocenters. The van der Waals surface area contributed by atoms with Gasteiger partial charge in [-0.1, -0.05) is 17.4 Å². The first kappa shape index (κ1) is 12.9. The summed E-state index contributed by atoms with van der Waals surface area (Å²) in [4.78, 5) is 27.2. The number of anilines is 1. The molecular weight excluding hydrogens is 298 g/mol. The molecule has 0 fully saturated rings. The van der Waals surface area contributed by atoms with E-state index in [2.05, 4.69) is 15.5 Å². The summed E-state index contributed by atoms with van der Waals surface area (Å²) in [5.41, 5.74) is 0. The molecule has 6 nitrogen and oxygen atoms in total. The van der Waals surface area contributed by atoms with Crippen molar-refractivity contribution in [3.05, 3.63) is 39.6 Å². The van der Waals surface area contributed by atoms with E-state index in [1.54, 1.807) is 11.3 Å². The Bertz CT molecular complexity index is 663. The Kier molecular flexibility index (Phi) is 3.57. The third-order valence-corrected chi connectivity index (χ3v) is 4.33. The number of thiophene rings is 1. The molecule has 2 aromatic heterocycles. The lowest BCUT2D eigenvalue weighted by molar-refractivity contribution is -0.123. The lowest BCUT2D eigenvalue weighted by Gasteiger charge is -2.11. The molecule has 1 N–H and O–H groups in total. The molecule has 0 aliphatic carbocycles. The Morgan fingerprint density at radius 3 is 3.15 bits per heavy atom. The van der Waals surface area contributed by atoms with Crippen LogP contribution in [0.5, 0.6) is 0 Å². The Hall–Kier alpha value is -2.06. The zero-order valence-corrected chi connectivity index (χ0v) is 11.7. The number of carbonyl (C=O) groups excluding carboxylic acids is 1. The first-order chi connectivity index (χ1) is 9.76. The van der Waals surface area contributed by atoms with Crippen LogP contribution in [0.2, 0.25) is 0 Å². The molecule has 3 heterocycles. The fourth-order valence-electron chi connectivity index (χ4n) is 1.75. The van der Waals surface area contributed by atoms with Crippen LogP contribution in [-0.2, 0) is 9.53 Å². The van der Waals surface area contributed by atoms with Gasteiger partial charge in [-0.15, -0.1) is 16.2 Å². The topological polar surface area (TPSA) is 80.7 Å². The molecule has 1 unspecified atom stereocenters. The molecule has 3 rings (SSSR count). The third-order valence-electron chi connectivity index (χ3n) is 2.66. The first-order valence-corrected chi connectivity index (χ1v) is 7.46. The Morgan fingerprint density at radius 2 is 2.45 bits per heavy atom. The number of rotatable bonds is 4. The number of hydrogen-bond donors (Lipinski definition) is 1. The quantitative estimate of drug-likeness (QED) is 0.878. The van der Waals surface area contributed by atoms with E-state index in [0.717, 1.165) is 22.0 Å². The number of carbonyl (C=O) groups is 1. The second-order valence-corrected chi connectivity index (χ2v) is 5.93. The Morgan fingerprint density at radius 1 is 1.55 bits per heavy atom. The molecule has 0 radical (unpaired) electrons. The predicted octanol–water partition coefficient (Wildman–Crippen LogP) is 3.37. The number of amides is 1. The lowest BCUT2D eigenvalue weighted by atomic mass is 10.2. The zero-order valence-electron chi connectivity index (χ0n) is 10.1. The Balaban J connectivity index is 1.61. The molecule has 1 amide bonds. The molecule has 0 saturated carbocycles. The highest BCUT2D eigenvalue weighted by Crippen LogP contribution is 2.30. The van der Waals surface area contributed by atoms with Crippen molar-refractivity contribution in [1.82, 2.24) is 4.98 Å². The zero-order chi connectivity index (χ0) is 13.9. The van der Waals surface area contributed by atoms with Crippen LogP contribution in [0.15, 0.2) is 35.0 Å². The summed E-state index contributed by atoms with van der Waals surface area (Å²) in [6.45, 7) is 0. The van der Waals surface area contributed by atoms with E-state index in [1.165, 1.54) is 6.20 Å². The van der Waals surface area contributed by atoms with E-state index in [9.17, 15) is 9.70 Å². The molecule has 8 heteroatoms. The van der Waals surface area contributed by atoms with Gasteiger partial charge in [-0.3, -0.25) is 10.1 Å². The van der Waals surface area contributed by atoms with Crippen molar-refractivity contribution in [1.29, 1.82) is 0 Å². The minimum absolute atomic E-state index is 0.227. The Labute approximate surface area is 122 Å². The van der Waals surface area contributed by atoms with Crippen molar-refractivity contribution in [3.63, 3.8) is 0 Å². The second-order valence-electron chi connectivity index (χ2n) is 3.97. The van der Waals surface area contributed by atoms with Gasteiger partial charge in [0.1, 0.15) is 5.76 Å². The van der Waals surface area contributed by atoms with Gasteiger partial charge in [0.15, 0.2) is 16.2 Å². The fraction of sp³-hybridized carbons (Fsp3) is 0.167. The van der Waals surface area contributed by atoms with Crippen LogP contribution >= 0.6 is 22.7 Å². The van der Waals surface area contributed by atoms with Crippen molar-refractivity contribution in [2.45, 2.75) is 12.5 Å². The average molecular weight is 307 g/mol. The average Bonchev–Trinajstić information content (AvgIpc) is 3.19. The van der Waals surface area contributed by atoms with Gasteiger partial charge in [0, 0.05) is 6.42 Å². The van der Waals surface area contributed by atoms with Crippen LogP contribution in [0.25, 0.3) is 5.76 Å². The second kappa shape index (κ2) is 5.51. The molecule has 1 aliphatic heterocycles. The van der Waals surface area contributed by atoms with Gasteiger partial charge in [0.25, 0.3) is 5.91 Å². The maximum atomic E-state index is 12.0. The number of thiazole rings is 1. The summed E-state index contributed by atoms with van der Waals surface area (Å²) in [5, 5.41) is 7.90. The van der Waals surface area contributed by atoms with Crippen molar-refractivity contribution < 1.29 is 9.53 Å². The van der Waals surface area contributed by atoms with Gasteiger partial charge in [0.2, 0.25) is 0 Å². The summed E-state index contributed by atoms with van der Waals surface area (Å²) in [6, 6.07) is 3.88. The van der Waals surface area contributed by atoms with Crippen LogP contribution in [0.4, 0.5) is 10.1 Å². The van der Waals surface area contributed by atoms with Gasteiger partial charge in [0.05, 0.1) is 11.1 Å². The van der Waals surface area contributed by atoms with E-state index >= 15 is 0 Å². The smallest absolute Gasteiger partial charge is 0.267 e. The highest BCUT2D eigenvalue weighted by atomic mass is 32.1.